The molecule has 0 saturated carbocycles. The lowest BCUT2D eigenvalue weighted by molar-refractivity contribution is -0.173. The Kier molecular flexibility index (Phi) is 10.9. The first-order valence-electron chi connectivity index (χ1n) is 7.28. The van der Waals surface area contributed by atoms with Crippen LogP contribution in [0.2, 0.25) is 0 Å². The largest absolute Gasteiger partial charge is 0.479 e. The van der Waals surface area contributed by atoms with Crippen molar-refractivity contribution < 1.29 is 43.5 Å². The minimum Gasteiger partial charge on any atom is -0.479 e. The number of rotatable bonds is 13. The van der Waals surface area contributed by atoms with Gasteiger partial charge in [-0.3, -0.25) is 9.59 Å². The molecule has 0 aromatic carbocycles. The third-order valence-corrected chi connectivity index (χ3v) is 2.64. The molecule has 0 saturated heterocycles. The Morgan fingerprint density at radius 2 is 1.35 bits per heavy atom. The quantitative estimate of drug-likeness (QED) is 0.345. The Morgan fingerprint density at radius 1 is 0.826 bits per heavy atom. The molecule has 0 amide bonds. The van der Waals surface area contributed by atoms with Gasteiger partial charge in [-0.2, -0.15) is 0 Å². The van der Waals surface area contributed by atoms with Crippen LogP contribution in [-0.4, -0.2) is 73.4 Å². The van der Waals surface area contributed by atoms with Gasteiger partial charge in [0.1, 0.15) is 6.61 Å². The van der Waals surface area contributed by atoms with Crippen molar-refractivity contribution in [3.05, 3.63) is 0 Å². The molecule has 0 radical (unpaired) electrons. The zero-order valence-corrected chi connectivity index (χ0v) is 13.4. The van der Waals surface area contributed by atoms with Crippen molar-refractivity contribution in [2.45, 2.75) is 32.3 Å². The number of esters is 2. The summed E-state index contributed by atoms with van der Waals surface area (Å²) < 4.78 is 19.5. The van der Waals surface area contributed by atoms with Crippen molar-refractivity contribution in [2.24, 2.45) is 0 Å². The van der Waals surface area contributed by atoms with E-state index in [1.165, 1.54) is 6.92 Å². The summed E-state index contributed by atoms with van der Waals surface area (Å²) in [6, 6.07) is 0. The van der Waals surface area contributed by atoms with Gasteiger partial charge < -0.3 is 29.2 Å². The minimum atomic E-state index is -2.56. The summed E-state index contributed by atoms with van der Waals surface area (Å²) in [7, 11) is 0. The molecule has 1 atom stereocenters. The van der Waals surface area contributed by atoms with Crippen LogP contribution in [0.15, 0.2) is 0 Å². The highest BCUT2D eigenvalue weighted by Crippen LogP contribution is 2.17. The van der Waals surface area contributed by atoms with E-state index in [-0.39, 0.29) is 19.8 Å². The van der Waals surface area contributed by atoms with Crippen LogP contribution in [0.1, 0.15) is 26.7 Å². The van der Waals surface area contributed by atoms with E-state index in [0.717, 1.165) is 0 Å². The molecule has 0 aliphatic rings. The number of carboxylic acids is 1. The second-order valence-electron chi connectivity index (χ2n) is 4.53. The molecular weight excluding hydrogens is 312 g/mol. The molecule has 0 aliphatic heterocycles. The van der Waals surface area contributed by atoms with Crippen molar-refractivity contribution in [2.75, 3.05) is 39.6 Å². The van der Waals surface area contributed by atoms with Gasteiger partial charge in [-0.25, -0.2) is 4.79 Å². The van der Waals surface area contributed by atoms with Gasteiger partial charge in [-0.15, -0.1) is 0 Å². The molecule has 0 aliphatic carbocycles. The Hall–Kier alpha value is -1.71. The second-order valence-corrected chi connectivity index (χ2v) is 4.53. The predicted molar refractivity (Wildman–Crippen MR) is 76.7 cm³/mol. The maximum Gasteiger partial charge on any atom is 0.336 e. The SMILES string of the molecule is CCOCCOCCOC(=O)CC(O)(CC(=O)OCC)C(=O)O. The summed E-state index contributed by atoms with van der Waals surface area (Å²) in [5, 5.41) is 18.9. The normalized spacial score (nSPS) is 13.2. The van der Waals surface area contributed by atoms with Gasteiger partial charge in [0.25, 0.3) is 0 Å². The maximum absolute atomic E-state index is 11.6. The van der Waals surface area contributed by atoms with Gasteiger partial charge in [0.15, 0.2) is 5.60 Å². The molecule has 0 fully saturated rings. The average Bonchev–Trinajstić information content (AvgIpc) is 2.46. The van der Waals surface area contributed by atoms with Crippen molar-refractivity contribution in [1.82, 2.24) is 0 Å². The van der Waals surface area contributed by atoms with Gasteiger partial charge in [0.05, 0.1) is 39.3 Å². The van der Waals surface area contributed by atoms with E-state index in [2.05, 4.69) is 4.74 Å². The molecule has 1 unspecified atom stereocenters. The summed E-state index contributed by atoms with van der Waals surface area (Å²) in [6.45, 7) is 4.78. The molecule has 0 heterocycles. The molecule has 0 spiro atoms. The number of hydrogen-bond donors (Lipinski definition) is 2. The van der Waals surface area contributed by atoms with Crippen molar-refractivity contribution in [3.8, 4) is 0 Å². The highest BCUT2D eigenvalue weighted by Gasteiger charge is 2.41. The number of hydrogen-bond acceptors (Lipinski definition) is 8. The fraction of sp³-hybridized carbons (Fsp3) is 0.786. The molecule has 2 N–H and O–H groups in total. The first-order chi connectivity index (χ1) is 10.9. The van der Waals surface area contributed by atoms with Crippen LogP contribution in [0.4, 0.5) is 0 Å². The average molecular weight is 336 g/mol. The van der Waals surface area contributed by atoms with Crippen molar-refractivity contribution in [1.29, 1.82) is 0 Å². The molecule has 0 aromatic rings. The van der Waals surface area contributed by atoms with Crippen LogP contribution in [-0.2, 0) is 33.3 Å². The summed E-state index contributed by atoms with van der Waals surface area (Å²) in [4.78, 5) is 33.9. The van der Waals surface area contributed by atoms with Crippen molar-refractivity contribution in [3.63, 3.8) is 0 Å². The monoisotopic (exact) mass is 336 g/mol. The summed E-state index contributed by atoms with van der Waals surface area (Å²) in [5.41, 5.74) is -2.56. The van der Waals surface area contributed by atoms with Gasteiger partial charge in [-0.05, 0) is 13.8 Å². The molecule has 134 valence electrons. The summed E-state index contributed by atoms with van der Waals surface area (Å²) in [6.07, 6.45) is -1.70. The Morgan fingerprint density at radius 3 is 1.87 bits per heavy atom. The number of aliphatic hydroxyl groups is 1. The van der Waals surface area contributed by atoms with Crippen LogP contribution >= 0.6 is 0 Å². The Balaban J connectivity index is 4.15. The summed E-state index contributed by atoms with van der Waals surface area (Å²) >= 11 is 0. The lowest BCUT2D eigenvalue weighted by Crippen LogP contribution is -2.43. The third kappa shape index (κ3) is 9.82. The van der Waals surface area contributed by atoms with Gasteiger partial charge >= 0.3 is 17.9 Å². The lowest BCUT2D eigenvalue weighted by atomic mass is 9.96. The number of aliphatic carboxylic acids is 1. The molecule has 0 aromatic heterocycles. The number of ether oxygens (including phenoxy) is 4. The van der Waals surface area contributed by atoms with Crippen LogP contribution in [0.3, 0.4) is 0 Å². The molecular formula is C14H24O9. The molecule has 23 heavy (non-hydrogen) atoms. The predicted octanol–water partition coefficient (Wildman–Crippen LogP) is -0.258. The van der Waals surface area contributed by atoms with Crippen LogP contribution in [0.25, 0.3) is 0 Å². The zero-order chi connectivity index (χ0) is 17.7. The van der Waals surface area contributed by atoms with E-state index < -0.39 is 36.4 Å². The van der Waals surface area contributed by atoms with Gasteiger partial charge in [0, 0.05) is 6.61 Å². The molecule has 0 bridgehead atoms. The zero-order valence-electron chi connectivity index (χ0n) is 13.4. The van der Waals surface area contributed by atoms with Gasteiger partial charge in [-0.1, -0.05) is 0 Å². The summed E-state index contributed by atoms with van der Waals surface area (Å²) in [5.74, 6) is -3.56. The van der Waals surface area contributed by atoms with E-state index >= 15 is 0 Å². The van der Waals surface area contributed by atoms with Crippen molar-refractivity contribution >= 4 is 17.9 Å². The fourth-order valence-corrected chi connectivity index (χ4v) is 1.53. The highest BCUT2D eigenvalue weighted by molar-refractivity contribution is 5.88. The van der Waals surface area contributed by atoms with Crippen LogP contribution < -0.4 is 0 Å². The number of carbonyl (C=O) groups excluding carboxylic acids is 2. The Labute approximate surface area is 134 Å². The van der Waals surface area contributed by atoms with Gasteiger partial charge in [0.2, 0.25) is 0 Å². The van der Waals surface area contributed by atoms with E-state index in [4.69, 9.17) is 19.3 Å². The number of carboxylic acid groups (broad SMARTS) is 1. The Bertz CT molecular complexity index is 382. The molecule has 9 nitrogen and oxygen atoms in total. The molecule has 0 rings (SSSR count). The standard InChI is InChI=1S/C14H24O9/c1-3-20-5-6-21-7-8-23-12(16)10-14(19,13(17)18)9-11(15)22-4-2/h19H,3-10H2,1-2H3,(H,17,18). The van der Waals surface area contributed by atoms with Crippen LogP contribution in [0.5, 0.6) is 0 Å². The first kappa shape index (κ1) is 21.3. The smallest absolute Gasteiger partial charge is 0.336 e. The lowest BCUT2D eigenvalue weighted by Gasteiger charge is -2.21. The van der Waals surface area contributed by atoms with Crippen LogP contribution in [0, 0.1) is 0 Å². The maximum atomic E-state index is 11.6. The highest BCUT2D eigenvalue weighted by atomic mass is 16.6. The van der Waals surface area contributed by atoms with E-state index in [9.17, 15) is 19.5 Å². The molecule has 9 heteroatoms. The van der Waals surface area contributed by atoms with E-state index in [0.29, 0.717) is 19.8 Å². The topological polar surface area (TPSA) is 129 Å². The first-order valence-corrected chi connectivity index (χ1v) is 7.28. The fourth-order valence-electron chi connectivity index (χ4n) is 1.53. The third-order valence-electron chi connectivity index (χ3n) is 2.64. The van der Waals surface area contributed by atoms with E-state index in [1.54, 1.807) is 0 Å². The number of carbonyl (C=O) groups is 3. The minimum absolute atomic E-state index is 0.0397. The second kappa shape index (κ2) is 11.8. The van der Waals surface area contributed by atoms with E-state index in [1.807, 2.05) is 6.92 Å².